The van der Waals surface area contributed by atoms with E-state index in [2.05, 4.69) is 15.2 Å². The molecule has 1 aromatic heterocycles. The quantitative estimate of drug-likeness (QED) is 0.720. The zero-order chi connectivity index (χ0) is 19.7. The van der Waals surface area contributed by atoms with Gasteiger partial charge in [0, 0.05) is 37.4 Å². The third-order valence-corrected chi connectivity index (χ3v) is 6.72. The second-order valence-corrected chi connectivity index (χ2v) is 8.66. The number of fused-ring (bicyclic) bond motifs is 1. The number of benzene rings is 2. The molecule has 1 N–H and O–H groups in total. The summed E-state index contributed by atoms with van der Waals surface area (Å²) in [7, 11) is -1.55. The first kappa shape index (κ1) is 18.6. The molecule has 9 heteroatoms. The van der Waals surface area contributed by atoms with E-state index in [0.717, 1.165) is 0 Å². The van der Waals surface area contributed by atoms with E-state index in [0.29, 0.717) is 48.5 Å². The van der Waals surface area contributed by atoms with Gasteiger partial charge < -0.3 is 14.6 Å². The van der Waals surface area contributed by atoms with Crippen molar-refractivity contribution in [3.05, 3.63) is 54.4 Å². The average Bonchev–Trinajstić information content (AvgIpc) is 3.16. The van der Waals surface area contributed by atoms with Gasteiger partial charge in [-0.3, -0.25) is 4.79 Å². The summed E-state index contributed by atoms with van der Waals surface area (Å²) in [6.07, 6.45) is 1.33. The second-order valence-electron chi connectivity index (χ2n) is 6.72. The highest BCUT2D eigenvalue weighted by Gasteiger charge is 2.27. The molecule has 8 nitrogen and oxygen atoms in total. The first-order valence-electron chi connectivity index (χ1n) is 8.87. The van der Waals surface area contributed by atoms with Crippen LogP contribution in [0.4, 0.5) is 5.69 Å². The van der Waals surface area contributed by atoms with E-state index in [1.807, 2.05) is 7.05 Å². The highest BCUT2D eigenvalue weighted by Crippen LogP contribution is 2.21. The number of sulfonamides is 1. The van der Waals surface area contributed by atoms with Crippen molar-refractivity contribution in [1.82, 2.24) is 14.2 Å². The lowest BCUT2D eigenvalue weighted by Crippen LogP contribution is -2.46. The summed E-state index contributed by atoms with van der Waals surface area (Å²) in [5.74, 6) is -0.306. The Morgan fingerprint density at radius 1 is 1.07 bits per heavy atom. The fraction of sp³-hybridized carbons (Fsp3) is 0.263. The van der Waals surface area contributed by atoms with Gasteiger partial charge in [0.25, 0.3) is 5.91 Å². The molecule has 1 saturated heterocycles. The number of anilines is 1. The van der Waals surface area contributed by atoms with Crippen LogP contribution in [0.1, 0.15) is 10.4 Å². The maximum absolute atomic E-state index is 12.8. The molecule has 1 fully saturated rings. The Hall–Kier alpha value is -2.75. The van der Waals surface area contributed by atoms with E-state index >= 15 is 0 Å². The lowest BCUT2D eigenvalue weighted by Gasteiger charge is -2.31. The van der Waals surface area contributed by atoms with Gasteiger partial charge in [-0.2, -0.15) is 4.31 Å². The molecule has 28 heavy (non-hydrogen) atoms. The minimum absolute atomic E-state index is 0.221. The van der Waals surface area contributed by atoms with Crippen molar-refractivity contribution >= 4 is 32.7 Å². The molecule has 2 heterocycles. The number of piperazine rings is 1. The van der Waals surface area contributed by atoms with Crippen molar-refractivity contribution in [3.8, 4) is 0 Å². The minimum atomic E-state index is -3.53. The van der Waals surface area contributed by atoms with Crippen LogP contribution in [0.5, 0.6) is 0 Å². The molecule has 0 atom stereocenters. The zero-order valence-electron chi connectivity index (χ0n) is 15.3. The van der Waals surface area contributed by atoms with Crippen LogP contribution in [0, 0.1) is 0 Å². The molecule has 1 aliphatic heterocycles. The van der Waals surface area contributed by atoms with Crippen LogP contribution < -0.4 is 5.32 Å². The van der Waals surface area contributed by atoms with Crippen molar-refractivity contribution in [2.24, 2.45) is 0 Å². The van der Waals surface area contributed by atoms with E-state index < -0.39 is 10.0 Å². The Morgan fingerprint density at radius 2 is 1.79 bits per heavy atom. The largest absolute Gasteiger partial charge is 0.443 e. The predicted octanol–water partition coefficient (Wildman–Crippen LogP) is 2.02. The lowest BCUT2D eigenvalue weighted by atomic mass is 10.2. The highest BCUT2D eigenvalue weighted by molar-refractivity contribution is 7.89. The van der Waals surface area contributed by atoms with Crippen molar-refractivity contribution in [2.45, 2.75) is 4.90 Å². The molecule has 0 bridgehead atoms. The fourth-order valence-corrected chi connectivity index (χ4v) is 4.51. The van der Waals surface area contributed by atoms with Crippen LogP contribution in [-0.2, 0) is 10.0 Å². The summed E-state index contributed by atoms with van der Waals surface area (Å²) < 4.78 is 32.2. The number of amides is 1. The molecule has 146 valence electrons. The van der Waals surface area contributed by atoms with E-state index in [1.54, 1.807) is 30.3 Å². The van der Waals surface area contributed by atoms with Gasteiger partial charge in [0.2, 0.25) is 10.0 Å². The van der Waals surface area contributed by atoms with Crippen molar-refractivity contribution < 1.29 is 17.6 Å². The maximum Gasteiger partial charge on any atom is 0.255 e. The van der Waals surface area contributed by atoms with Crippen molar-refractivity contribution in [3.63, 3.8) is 0 Å². The molecule has 4 rings (SSSR count). The molecule has 0 aliphatic carbocycles. The van der Waals surface area contributed by atoms with Crippen LogP contribution >= 0.6 is 0 Å². The van der Waals surface area contributed by atoms with Gasteiger partial charge in [-0.05, 0) is 49.5 Å². The molecule has 3 aromatic rings. The van der Waals surface area contributed by atoms with Gasteiger partial charge >= 0.3 is 0 Å². The number of nitrogens with zero attached hydrogens (tertiary/aromatic N) is 3. The summed E-state index contributed by atoms with van der Waals surface area (Å²) in [6.45, 7) is 2.37. The van der Waals surface area contributed by atoms with E-state index in [-0.39, 0.29) is 10.8 Å². The average molecular weight is 400 g/mol. The normalized spacial score (nSPS) is 16.3. The Balaban J connectivity index is 1.47. The first-order valence-corrected chi connectivity index (χ1v) is 10.3. The number of likely N-dealkylation sites (N-methyl/N-ethyl adjacent to an activating group) is 1. The third kappa shape index (κ3) is 3.64. The summed E-state index contributed by atoms with van der Waals surface area (Å²) in [6, 6.07) is 11.2. The highest BCUT2D eigenvalue weighted by atomic mass is 32.2. The number of rotatable bonds is 4. The van der Waals surface area contributed by atoms with Crippen LogP contribution in [0.3, 0.4) is 0 Å². The third-order valence-electron chi connectivity index (χ3n) is 4.80. The van der Waals surface area contributed by atoms with Crippen LogP contribution in [-0.4, -0.2) is 61.7 Å². The molecule has 1 amide bonds. The predicted molar refractivity (Wildman–Crippen MR) is 105 cm³/mol. The molecular weight excluding hydrogens is 380 g/mol. The Labute approximate surface area is 162 Å². The van der Waals surface area contributed by atoms with Crippen LogP contribution in [0.25, 0.3) is 11.1 Å². The Morgan fingerprint density at radius 3 is 2.50 bits per heavy atom. The van der Waals surface area contributed by atoms with Gasteiger partial charge in [0.05, 0.1) is 4.90 Å². The zero-order valence-corrected chi connectivity index (χ0v) is 16.1. The standard InChI is InChI=1S/C19H20N4O4S/c1-22-8-10-23(11-9-22)28(25,26)16-5-3-15(4-6-16)21-19(24)14-2-7-18-17(12-14)20-13-27-18/h2-7,12-13H,8-11H2,1H3,(H,21,24). The summed E-state index contributed by atoms with van der Waals surface area (Å²) >= 11 is 0. The van der Waals surface area contributed by atoms with Crippen LogP contribution in [0.15, 0.2) is 58.2 Å². The van der Waals surface area contributed by atoms with Gasteiger partial charge in [0.15, 0.2) is 12.0 Å². The lowest BCUT2D eigenvalue weighted by molar-refractivity contribution is 0.102. The number of nitrogens with one attached hydrogen (secondary N) is 1. The summed E-state index contributed by atoms with van der Waals surface area (Å²) in [5.41, 5.74) is 2.16. The molecule has 0 spiro atoms. The van der Waals surface area contributed by atoms with Crippen LogP contribution in [0.2, 0.25) is 0 Å². The van der Waals surface area contributed by atoms with Gasteiger partial charge in [-0.1, -0.05) is 0 Å². The second kappa shape index (κ2) is 7.34. The number of carbonyl (C=O) groups excluding carboxylic acids is 1. The smallest absolute Gasteiger partial charge is 0.255 e. The molecule has 2 aromatic carbocycles. The van der Waals surface area contributed by atoms with E-state index in [9.17, 15) is 13.2 Å². The van der Waals surface area contributed by atoms with Gasteiger partial charge in [-0.25, -0.2) is 13.4 Å². The SMILES string of the molecule is CN1CCN(S(=O)(=O)c2ccc(NC(=O)c3ccc4ocnc4c3)cc2)CC1. The number of oxazole rings is 1. The molecule has 1 aliphatic rings. The molecule has 0 saturated carbocycles. The van der Waals surface area contributed by atoms with Crippen molar-refractivity contribution in [2.75, 3.05) is 38.5 Å². The van der Waals surface area contributed by atoms with Gasteiger partial charge in [-0.15, -0.1) is 0 Å². The summed E-state index contributed by atoms with van der Waals surface area (Å²) in [4.78, 5) is 18.8. The monoisotopic (exact) mass is 400 g/mol. The fourth-order valence-electron chi connectivity index (χ4n) is 3.09. The summed E-state index contributed by atoms with van der Waals surface area (Å²) in [5, 5.41) is 2.77. The number of hydrogen-bond acceptors (Lipinski definition) is 6. The Bertz CT molecular complexity index is 1100. The number of aromatic nitrogens is 1. The number of carbonyl (C=O) groups is 1. The first-order chi connectivity index (χ1) is 13.4. The Kier molecular flexibility index (Phi) is 4.88. The molecule has 0 radical (unpaired) electrons. The molecular formula is C19H20N4O4S. The number of hydrogen-bond donors (Lipinski definition) is 1. The van der Waals surface area contributed by atoms with E-state index in [4.69, 9.17) is 4.42 Å². The topological polar surface area (TPSA) is 95.8 Å². The molecule has 0 unspecified atom stereocenters. The van der Waals surface area contributed by atoms with Gasteiger partial charge in [0.1, 0.15) is 5.52 Å². The van der Waals surface area contributed by atoms with Crippen molar-refractivity contribution in [1.29, 1.82) is 0 Å². The minimum Gasteiger partial charge on any atom is -0.443 e. The maximum atomic E-state index is 12.8. The van der Waals surface area contributed by atoms with E-state index in [1.165, 1.54) is 22.8 Å².